The predicted molar refractivity (Wildman–Crippen MR) is 83.3 cm³/mol. The third-order valence-corrected chi connectivity index (χ3v) is 4.13. The molecule has 1 aliphatic rings. The second-order valence-corrected chi connectivity index (χ2v) is 5.92. The zero-order chi connectivity index (χ0) is 13.8. The van der Waals surface area contributed by atoms with E-state index >= 15 is 0 Å². The highest BCUT2D eigenvalue weighted by Gasteiger charge is 2.15. The minimum absolute atomic E-state index is 0.573. The first kappa shape index (κ1) is 13.5. The fourth-order valence-corrected chi connectivity index (χ4v) is 3.05. The van der Waals surface area contributed by atoms with Crippen molar-refractivity contribution in [3.8, 4) is 0 Å². The molecule has 0 saturated heterocycles. The first-order valence-electron chi connectivity index (χ1n) is 7.33. The van der Waals surface area contributed by atoms with Crippen LogP contribution in [0, 0.1) is 0 Å². The van der Waals surface area contributed by atoms with Crippen LogP contribution in [0.5, 0.6) is 0 Å². The van der Waals surface area contributed by atoms with Crippen molar-refractivity contribution in [3.63, 3.8) is 0 Å². The lowest BCUT2D eigenvalue weighted by Crippen LogP contribution is -2.24. The van der Waals surface area contributed by atoms with Crippen molar-refractivity contribution in [3.05, 3.63) is 47.2 Å². The van der Waals surface area contributed by atoms with Crippen molar-refractivity contribution in [1.29, 1.82) is 0 Å². The SMILES string of the molecule is Clc1cccc(Cn2ccnc2NC2CCCCC2)c1. The van der Waals surface area contributed by atoms with Crippen LogP contribution in [0.25, 0.3) is 0 Å². The van der Waals surface area contributed by atoms with Gasteiger partial charge in [0.1, 0.15) is 0 Å². The number of anilines is 1. The summed E-state index contributed by atoms with van der Waals surface area (Å²) in [6.07, 6.45) is 10.4. The number of benzene rings is 1. The van der Waals surface area contributed by atoms with Gasteiger partial charge in [-0.2, -0.15) is 0 Å². The Morgan fingerprint density at radius 1 is 1.25 bits per heavy atom. The van der Waals surface area contributed by atoms with Crippen LogP contribution in [0.1, 0.15) is 37.7 Å². The average Bonchev–Trinajstić information content (AvgIpc) is 2.87. The Hall–Kier alpha value is -1.48. The van der Waals surface area contributed by atoms with E-state index in [-0.39, 0.29) is 0 Å². The van der Waals surface area contributed by atoms with Crippen LogP contribution in [-0.2, 0) is 6.54 Å². The lowest BCUT2D eigenvalue weighted by Gasteiger charge is -2.23. The second-order valence-electron chi connectivity index (χ2n) is 5.49. The number of halogens is 1. The molecule has 1 heterocycles. The van der Waals surface area contributed by atoms with Crippen LogP contribution >= 0.6 is 11.6 Å². The van der Waals surface area contributed by atoms with E-state index in [0.29, 0.717) is 6.04 Å². The molecular formula is C16H20ClN3. The highest BCUT2D eigenvalue weighted by molar-refractivity contribution is 6.30. The van der Waals surface area contributed by atoms with E-state index in [2.05, 4.69) is 20.9 Å². The smallest absolute Gasteiger partial charge is 0.203 e. The Labute approximate surface area is 125 Å². The van der Waals surface area contributed by atoms with Gasteiger partial charge in [0.2, 0.25) is 5.95 Å². The molecule has 20 heavy (non-hydrogen) atoms. The summed E-state index contributed by atoms with van der Waals surface area (Å²) in [5.41, 5.74) is 1.20. The van der Waals surface area contributed by atoms with Crippen LogP contribution in [0.4, 0.5) is 5.95 Å². The van der Waals surface area contributed by atoms with Crippen molar-refractivity contribution in [2.24, 2.45) is 0 Å². The van der Waals surface area contributed by atoms with Gasteiger partial charge in [-0.1, -0.05) is 43.0 Å². The molecule has 0 amide bonds. The molecule has 0 aliphatic heterocycles. The van der Waals surface area contributed by atoms with Crippen LogP contribution < -0.4 is 5.32 Å². The fraction of sp³-hybridized carbons (Fsp3) is 0.438. The number of nitrogens with one attached hydrogen (secondary N) is 1. The molecule has 4 heteroatoms. The van der Waals surface area contributed by atoms with Crippen LogP contribution in [0.3, 0.4) is 0 Å². The Kier molecular flexibility index (Phi) is 4.26. The van der Waals surface area contributed by atoms with Gasteiger partial charge in [0.05, 0.1) is 6.54 Å². The standard InChI is InChI=1S/C16H20ClN3/c17-14-6-4-5-13(11-14)12-20-10-9-18-16(20)19-15-7-2-1-3-8-15/h4-6,9-11,15H,1-3,7-8,12H2,(H,18,19). The number of rotatable bonds is 4. The third-order valence-electron chi connectivity index (χ3n) is 3.90. The number of hydrogen-bond donors (Lipinski definition) is 1. The molecule has 0 atom stereocenters. The average molecular weight is 290 g/mol. The van der Waals surface area contributed by atoms with Crippen LogP contribution in [0.2, 0.25) is 5.02 Å². The number of hydrogen-bond acceptors (Lipinski definition) is 2. The van der Waals surface area contributed by atoms with E-state index in [1.54, 1.807) is 0 Å². The molecule has 1 aliphatic carbocycles. The summed E-state index contributed by atoms with van der Waals surface area (Å²) < 4.78 is 2.15. The monoisotopic (exact) mass is 289 g/mol. The topological polar surface area (TPSA) is 29.9 Å². The highest BCUT2D eigenvalue weighted by Crippen LogP contribution is 2.21. The maximum Gasteiger partial charge on any atom is 0.203 e. The van der Waals surface area contributed by atoms with E-state index in [9.17, 15) is 0 Å². The molecule has 2 aromatic rings. The molecule has 1 aromatic carbocycles. The highest BCUT2D eigenvalue weighted by atomic mass is 35.5. The Morgan fingerprint density at radius 3 is 2.90 bits per heavy atom. The summed E-state index contributed by atoms with van der Waals surface area (Å²) in [5.74, 6) is 0.969. The summed E-state index contributed by atoms with van der Waals surface area (Å²) in [6.45, 7) is 0.801. The van der Waals surface area contributed by atoms with Gasteiger partial charge in [0, 0.05) is 23.5 Å². The molecule has 0 spiro atoms. The molecule has 106 valence electrons. The molecule has 0 unspecified atom stereocenters. The summed E-state index contributed by atoms with van der Waals surface area (Å²) >= 11 is 6.04. The van der Waals surface area contributed by atoms with Crippen molar-refractivity contribution < 1.29 is 0 Å². The quantitative estimate of drug-likeness (QED) is 0.908. The predicted octanol–water partition coefficient (Wildman–Crippen LogP) is 4.33. The Balaban J connectivity index is 1.69. The summed E-state index contributed by atoms with van der Waals surface area (Å²) in [4.78, 5) is 4.45. The largest absolute Gasteiger partial charge is 0.353 e. The van der Waals surface area contributed by atoms with E-state index in [4.69, 9.17) is 11.6 Å². The maximum atomic E-state index is 6.04. The maximum absolute atomic E-state index is 6.04. The van der Waals surface area contributed by atoms with Gasteiger partial charge in [0.15, 0.2) is 0 Å². The zero-order valence-electron chi connectivity index (χ0n) is 11.6. The molecule has 3 rings (SSSR count). The molecule has 3 nitrogen and oxygen atoms in total. The molecule has 0 radical (unpaired) electrons. The van der Waals surface area contributed by atoms with E-state index in [1.165, 1.54) is 37.7 Å². The minimum atomic E-state index is 0.573. The third kappa shape index (κ3) is 3.34. The van der Waals surface area contributed by atoms with Gasteiger partial charge in [-0.05, 0) is 30.5 Å². The van der Waals surface area contributed by atoms with E-state index in [1.807, 2.05) is 30.6 Å². The van der Waals surface area contributed by atoms with Gasteiger partial charge < -0.3 is 9.88 Å². The van der Waals surface area contributed by atoms with Gasteiger partial charge in [-0.15, -0.1) is 0 Å². The minimum Gasteiger partial charge on any atom is -0.353 e. The Bertz CT molecular complexity index is 558. The van der Waals surface area contributed by atoms with Crippen molar-refractivity contribution in [2.45, 2.75) is 44.7 Å². The molecule has 1 saturated carbocycles. The normalized spacial score (nSPS) is 16.2. The lowest BCUT2D eigenvalue weighted by atomic mass is 9.96. The van der Waals surface area contributed by atoms with Gasteiger partial charge >= 0.3 is 0 Å². The first-order valence-corrected chi connectivity index (χ1v) is 7.71. The lowest BCUT2D eigenvalue weighted by molar-refractivity contribution is 0.459. The van der Waals surface area contributed by atoms with Crippen molar-refractivity contribution in [2.75, 3.05) is 5.32 Å². The van der Waals surface area contributed by atoms with Crippen LogP contribution in [-0.4, -0.2) is 15.6 Å². The van der Waals surface area contributed by atoms with Gasteiger partial charge in [-0.25, -0.2) is 4.98 Å². The fourth-order valence-electron chi connectivity index (χ4n) is 2.84. The molecule has 0 bridgehead atoms. The molecular weight excluding hydrogens is 270 g/mol. The van der Waals surface area contributed by atoms with Crippen molar-refractivity contribution in [1.82, 2.24) is 9.55 Å². The first-order chi connectivity index (χ1) is 9.81. The summed E-state index contributed by atoms with van der Waals surface area (Å²) in [6, 6.07) is 8.56. The van der Waals surface area contributed by atoms with Gasteiger partial charge in [0.25, 0.3) is 0 Å². The number of aromatic nitrogens is 2. The van der Waals surface area contributed by atoms with Crippen molar-refractivity contribution >= 4 is 17.5 Å². The number of imidazole rings is 1. The van der Waals surface area contributed by atoms with E-state index < -0.39 is 0 Å². The molecule has 1 aromatic heterocycles. The molecule has 1 N–H and O–H groups in total. The van der Waals surface area contributed by atoms with E-state index in [0.717, 1.165) is 17.5 Å². The zero-order valence-corrected chi connectivity index (χ0v) is 12.3. The summed E-state index contributed by atoms with van der Waals surface area (Å²) in [7, 11) is 0. The summed E-state index contributed by atoms with van der Waals surface area (Å²) in [5, 5.41) is 4.37. The van der Waals surface area contributed by atoms with Gasteiger partial charge in [-0.3, -0.25) is 0 Å². The van der Waals surface area contributed by atoms with Crippen LogP contribution in [0.15, 0.2) is 36.7 Å². The molecule has 1 fully saturated rings. The Morgan fingerprint density at radius 2 is 2.10 bits per heavy atom. The second kappa shape index (κ2) is 6.31. The number of nitrogens with zero attached hydrogens (tertiary/aromatic N) is 2.